The SMILES string of the molecule is COc1cc(OC(F)(F)F)ccc1Oc1cc(OC)c(C(F)(F)F)c(F)c1C(=O)O. The number of carboxylic acids is 1. The molecule has 164 valence electrons. The van der Waals surface area contributed by atoms with Crippen LogP contribution in [0.4, 0.5) is 30.7 Å². The smallest absolute Gasteiger partial charge is 0.496 e. The van der Waals surface area contributed by atoms with E-state index in [4.69, 9.17) is 9.47 Å². The van der Waals surface area contributed by atoms with Crippen molar-refractivity contribution in [2.45, 2.75) is 12.5 Å². The fourth-order valence-corrected chi connectivity index (χ4v) is 2.36. The monoisotopic (exact) mass is 444 g/mol. The van der Waals surface area contributed by atoms with E-state index in [0.717, 1.165) is 32.4 Å². The van der Waals surface area contributed by atoms with Gasteiger partial charge in [-0.2, -0.15) is 13.2 Å². The van der Waals surface area contributed by atoms with Crippen LogP contribution in [-0.4, -0.2) is 31.7 Å². The first-order valence-corrected chi connectivity index (χ1v) is 7.61. The summed E-state index contributed by atoms with van der Waals surface area (Å²) in [6, 6.07) is 2.83. The number of hydrogen-bond acceptors (Lipinski definition) is 5. The molecule has 0 aliphatic rings. The molecule has 30 heavy (non-hydrogen) atoms. The second-order valence-electron chi connectivity index (χ2n) is 5.41. The van der Waals surface area contributed by atoms with Gasteiger partial charge < -0.3 is 24.1 Å². The molecule has 0 spiro atoms. The van der Waals surface area contributed by atoms with E-state index in [1.54, 1.807) is 0 Å². The van der Waals surface area contributed by atoms with Crippen LogP contribution in [0.1, 0.15) is 15.9 Å². The number of carboxylic acid groups (broad SMARTS) is 1. The summed E-state index contributed by atoms with van der Waals surface area (Å²) in [5.74, 6) is -7.81. The van der Waals surface area contributed by atoms with Crippen molar-refractivity contribution >= 4 is 5.97 Å². The second kappa shape index (κ2) is 8.16. The van der Waals surface area contributed by atoms with Gasteiger partial charge in [0.15, 0.2) is 17.3 Å². The molecule has 0 atom stereocenters. The molecule has 2 aromatic carbocycles. The second-order valence-corrected chi connectivity index (χ2v) is 5.41. The van der Waals surface area contributed by atoms with E-state index in [0.29, 0.717) is 6.07 Å². The first-order valence-electron chi connectivity index (χ1n) is 7.61. The Morgan fingerprint density at radius 3 is 1.97 bits per heavy atom. The van der Waals surface area contributed by atoms with Gasteiger partial charge in [0.05, 0.1) is 14.2 Å². The van der Waals surface area contributed by atoms with Crippen molar-refractivity contribution in [3.8, 4) is 28.7 Å². The van der Waals surface area contributed by atoms with Gasteiger partial charge >= 0.3 is 18.5 Å². The van der Waals surface area contributed by atoms with Gasteiger partial charge in [-0.05, 0) is 12.1 Å². The fraction of sp³-hybridized carbons (Fsp3) is 0.235. The Balaban J connectivity index is 2.60. The molecule has 0 saturated heterocycles. The summed E-state index contributed by atoms with van der Waals surface area (Å²) in [6.45, 7) is 0. The molecule has 0 aliphatic heterocycles. The molecule has 0 aromatic heterocycles. The lowest BCUT2D eigenvalue weighted by molar-refractivity contribution is -0.274. The summed E-state index contributed by atoms with van der Waals surface area (Å²) in [5, 5.41) is 9.17. The highest BCUT2D eigenvalue weighted by atomic mass is 19.4. The first kappa shape index (κ1) is 22.9. The Morgan fingerprint density at radius 1 is 0.900 bits per heavy atom. The van der Waals surface area contributed by atoms with Crippen molar-refractivity contribution in [2.75, 3.05) is 14.2 Å². The normalized spacial score (nSPS) is 11.8. The Labute approximate surface area is 163 Å². The van der Waals surface area contributed by atoms with Crippen LogP contribution >= 0.6 is 0 Å². The number of aromatic carboxylic acids is 1. The Hall–Kier alpha value is -3.38. The van der Waals surface area contributed by atoms with Gasteiger partial charge in [0.1, 0.15) is 28.4 Å². The summed E-state index contributed by atoms with van der Waals surface area (Å²) < 4.78 is 109. The molecule has 0 heterocycles. The van der Waals surface area contributed by atoms with E-state index < -0.39 is 64.2 Å². The van der Waals surface area contributed by atoms with Gasteiger partial charge in [0, 0.05) is 12.1 Å². The van der Waals surface area contributed by atoms with Crippen molar-refractivity contribution < 1.29 is 59.6 Å². The number of alkyl halides is 6. The van der Waals surface area contributed by atoms with Crippen molar-refractivity contribution in [2.24, 2.45) is 0 Å². The lowest BCUT2D eigenvalue weighted by Gasteiger charge is -2.18. The largest absolute Gasteiger partial charge is 0.573 e. The van der Waals surface area contributed by atoms with Crippen LogP contribution in [0.5, 0.6) is 28.7 Å². The number of methoxy groups -OCH3 is 2. The molecule has 2 aromatic rings. The third kappa shape index (κ3) is 4.96. The quantitative estimate of drug-likeness (QED) is 0.614. The van der Waals surface area contributed by atoms with Crippen LogP contribution in [0.15, 0.2) is 24.3 Å². The molecule has 6 nitrogen and oxygen atoms in total. The maximum absolute atomic E-state index is 14.4. The molecule has 13 heteroatoms. The molecule has 2 rings (SSSR count). The van der Waals surface area contributed by atoms with E-state index >= 15 is 0 Å². The van der Waals surface area contributed by atoms with Crippen LogP contribution in [0, 0.1) is 5.82 Å². The average Bonchev–Trinajstić information content (AvgIpc) is 2.59. The summed E-state index contributed by atoms with van der Waals surface area (Å²) in [4.78, 5) is 11.4. The zero-order valence-electron chi connectivity index (χ0n) is 14.9. The maximum atomic E-state index is 14.4. The molecule has 0 radical (unpaired) electrons. The van der Waals surface area contributed by atoms with Crippen molar-refractivity contribution in [1.29, 1.82) is 0 Å². The predicted octanol–water partition coefficient (Wildman–Crippen LogP) is 5.25. The number of carbonyl (C=O) groups is 1. The van der Waals surface area contributed by atoms with E-state index in [2.05, 4.69) is 9.47 Å². The molecule has 0 bridgehead atoms. The first-order chi connectivity index (χ1) is 13.8. The van der Waals surface area contributed by atoms with Gasteiger partial charge in [-0.15, -0.1) is 13.2 Å². The highest BCUT2D eigenvalue weighted by Gasteiger charge is 2.41. The van der Waals surface area contributed by atoms with E-state index in [1.165, 1.54) is 0 Å². The number of hydrogen-bond donors (Lipinski definition) is 1. The Kier molecular flexibility index (Phi) is 6.23. The molecular formula is C17H11F7O6. The van der Waals surface area contributed by atoms with Crippen molar-refractivity contribution in [1.82, 2.24) is 0 Å². The van der Waals surface area contributed by atoms with Gasteiger partial charge in [0.25, 0.3) is 0 Å². The minimum atomic E-state index is -5.29. The molecule has 0 saturated carbocycles. The van der Waals surface area contributed by atoms with Gasteiger partial charge in [-0.25, -0.2) is 9.18 Å². The van der Waals surface area contributed by atoms with Crippen LogP contribution < -0.4 is 18.9 Å². The van der Waals surface area contributed by atoms with Crippen LogP contribution in [0.2, 0.25) is 0 Å². The van der Waals surface area contributed by atoms with E-state index in [9.17, 15) is 40.6 Å². The van der Waals surface area contributed by atoms with Crippen LogP contribution in [0.25, 0.3) is 0 Å². The molecule has 0 unspecified atom stereocenters. The van der Waals surface area contributed by atoms with Gasteiger partial charge in [-0.1, -0.05) is 0 Å². The minimum Gasteiger partial charge on any atom is -0.496 e. The number of rotatable bonds is 6. The number of benzene rings is 2. The summed E-state index contributed by atoms with van der Waals surface area (Å²) in [5.41, 5.74) is -3.43. The summed E-state index contributed by atoms with van der Waals surface area (Å²) in [6.07, 6.45) is -10.3. The molecule has 1 N–H and O–H groups in total. The summed E-state index contributed by atoms with van der Waals surface area (Å²) >= 11 is 0. The van der Waals surface area contributed by atoms with Gasteiger partial charge in [-0.3, -0.25) is 0 Å². The Morgan fingerprint density at radius 2 is 1.50 bits per heavy atom. The third-order valence-electron chi connectivity index (χ3n) is 3.50. The average molecular weight is 444 g/mol. The van der Waals surface area contributed by atoms with Crippen molar-refractivity contribution in [3.63, 3.8) is 0 Å². The highest BCUT2D eigenvalue weighted by molar-refractivity contribution is 5.92. The van der Waals surface area contributed by atoms with E-state index in [-0.39, 0.29) is 0 Å². The number of halogens is 7. The number of ether oxygens (including phenoxy) is 4. The standard InChI is InChI=1S/C17H11F7O6/c1-27-9-5-7(30-17(22,23)24)3-4-8(9)29-10-6-11(28-2)13(16(19,20)21)14(18)12(10)15(25)26/h3-6H,1-2H3,(H,25,26). The highest BCUT2D eigenvalue weighted by Crippen LogP contribution is 2.45. The molecule has 0 aliphatic carbocycles. The maximum Gasteiger partial charge on any atom is 0.573 e. The molecular weight excluding hydrogens is 433 g/mol. The third-order valence-corrected chi connectivity index (χ3v) is 3.50. The van der Waals surface area contributed by atoms with Crippen LogP contribution in [-0.2, 0) is 6.18 Å². The molecule has 0 fully saturated rings. The predicted molar refractivity (Wildman–Crippen MR) is 84.7 cm³/mol. The van der Waals surface area contributed by atoms with Crippen molar-refractivity contribution in [3.05, 3.63) is 41.2 Å². The van der Waals surface area contributed by atoms with Crippen LogP contribution in [0.3, 0.4) is 0 Å². The zero-order valence-corrected chi connectivity index (χ0v) is 14.9. The topological polar surface area (TPSA) is 74.2 Å². The Bertz CT molecular complexity index is 953. The zero-order chi connectivity index (χ0) is 22.9. The summed E-state index contributed by atoms with van der Waals surface area (Å²) in [7, 11) is 1.81. The van der Waals surface area contributed by atoms with E-state index in [1.807, 2.05) is 0 Å². The minimum absolute atomic E-state index is 0.410. The lowest BCUT2D eigenvalue weighted by atomic mass is 10.1. The molecule has 0 amide bonds. The fourth-order valence-electron chi connectivity index (χ4n) is 2.36. The lowest BCUT2D eigenvalue weighted by Crippen LogP contribution is -2.17. The van der Waals surface area contributed by atoms with Gasteiger partial charge in [0.2, 0.25) is 0 Å².